The monoisotopic (exact) mass is 419 g/mol. The first kappa shape index (κ1) is 20.5. The van der Waals surface area contributed by atoms with E-state index in [1.807, 2.05) is 50.5 Å². The summed E-state index contributed by atoms with van der Waals surface area (Å²) < 4.78 is 0. The number of aromatic nitrogens is 2. The molecule has 2 aromatic heterocycles. The maximum atomic E-state index is 12.7. The van der Waals surface area contributed by atoms with Gasteiger partial charge in [0, 0.05) is 29.1 Å². The molecular formula is C20H24ClN4O2S+. The molecule has 1 unspecified atom stereocenters. The number of hydrogen-bond acceptors (Lipinski definition) is 4. The summed E-state index contributed by atoms with van der Waals surface area (Å²) in [4.78, 5) is 36.0. The summed E-state index contributed by atoms with van der Waals surface area (Å²) in [5.74, 6) is 0.693. The molecule has 0 aliphatic heterocycles. The number of nitrogens with one attached hydrogen (secondary N) is 2. The van der Waals surface area contributed by atoms with E-state index in [0.29, 0.717) is 47.2 Å². The van der Waals surface area contributed by atoms with Crippen LogP contribution >= 0.6 is 22.9 Å². The van der Waals surface area contributed by atoms with Gasteiger partial charge >= 0.3 is 0 Å². The van der Waals surface area contributed by atoms with Gasteiger partial charge in [-0.25, -0.2) is 4.98 Å². The number of carbonyl (C=O) groups excluding carboxylic acids is 1. The minimum atomic E-state index is -0.158. The van der Waals surface area contributed by atoms with Crippen molar-refractivity contribution in [3.63, 3.8) is 0 Å². The number of aromatic amines is 1. The first-order valence-electron chi connectivity index (χ1n) is 9.28. The van der Waals surface area contributed by atoms with E-state index in [-0.39, 0.29) is 11.5 Å². The number of carbonyl (C=O) groups is 1. The van der Waals surface area contributed by atoms with E-state index < -0.39 is 0 Å². The van der Waals surface area contributed by atoms with E-state index >= 15 is 0 Å². The average Bonchev–Trinajstić information content (AvgIpc) is 3.07. The fraction of sp³-hybridized carbons (Fsp3) is 0.350. The smallest absolute Gasteiger partial charge is 0.277 e. The van der Waals surface area contributed by atoms with Gasteiger partial charge in [-0.3, -0.25) is 9.59 Å². The Morgan fingerprint density at radius 2 is 1.93 bits per heavy atom. The molecule has 3 aromatic rings. The van der Waals surface area contributed by atoms with Crippen LogP contribution in [0.3, 0.4) is 0 Å². The fourth-order valence-electron chi connectivity index (χ4n) is 3.21. The number of fused-ring (bicyclic) bond motifs is 1. The highest BCUT2D eigenvalue weighted by Crippen LogP contribution is 2.31. The van der Waals surface area contributed by atoms with Gasteiger partial charge < -0.3 is 14.8 Å². The molecule has 0 fully saturated rings. The molecule has 2 heterocycles. The highest BCUT2D eigenvalue weighted by molar-refractivity contribution is 7.17. The molecule has 1 amide bonds. The lowest BCUT2D eigenvalue weighted by Gasteiger charge is -2.20. The second-order valence-electron chi connectivity index (χ2n) is 6.73. The molecule has 0 saturated heterocycles. The number of H-pyrrole nitrogens is 1. The summed E-state index contributed by atoms with van der Waals surface area (Å²) >= 11 is 7.40. The lowest BCUT2D eigenvalue weighted by Crippen LogP contribution is -3.09. The van der Waals surface area contributed by atoms with Crippen molar-refractivity contribution in [1.29, 1.82) is 0 Å². The summed E-state index contributed by atoms with van der Waals surface area (Å²) in [5.41, 5.74) is 1.63. The summed E-state index contributed by atoms with van der Waals surface area (Å²) in [5, 5.41) is 3.19. The molecule has 3 rings (SSSR count). The van der Waals surface area contributed by atoms with E-state index in [1.165, 1.54) is 11.3 Å². The molecule has 0 saturated carbocycles. The molecule has 0 aliphatic rings. The largest absolute Gasteiger partial charge is 0.338 e. The molecule has 148 valence electrons. The maximum absolute atomic E-state index is 12.7. The lowest BCUT2D eigenvalue weighted by molar-refractivity contribution is -0.886. The van der Waals surface area contributed by atoms with Crippen molar-refractivity contribution in [3.05, 3.63) is 50.8 Å². The standard InChI is InChI=1S/C20H23ClN4O2S/c1-4-25(5-2)17(26)11-24(3)10-16-22-19(27)18-15(12-28-20(18)23-16)13-6-8-14(21)9-7-13/h6-9,12H,4-5,10-11H2,1-3H3,(H,22,23,27)/p+1. The normalized spacial score (nSPS) is 12.3. The molecule has 0 aliphatic carbocycles. The number of rotatable bonds is 7. The van der Waals surface area contributed by atoms with Gasteiger partial charge in [0.25, 0.3) is 11.5 Å². The summed E-state index contributed by atoms with van der Waals surface area (Å²) in [6.07, 6.45) is 0. The van der Waals surface area contributed by atoms with Crippen LogP contribution < -0.4 is 10.5 Å². The zero-order valence-corrected chi connectivity index (χ0v) is 17.8. The predicted molar refractivity (Wildman–Crippen MR) is 114 cm³/mol. The highest BCUT2D eigenvalue weighted by Gasteiger charge is 2.18. The third-order valence-corrected chi connectivity index (χ3v) is 5.81. The molecule has 6 nitrogen and oxygen atoms in total. The number of thiophene rings is 1. The molecule has 2 N–H and O–H groups in total. The quantitative estimate of drug-likeness (QED) is 0.616. The third-order valence-electron chi connectivity index (χ3n) is 4.69. The van der Waals surface area contributed by atoms with E-state index in [0.717, 1.165) is 16.0 Å². The van der Waals surface area contributed by atoms with Gasteiger partial charge in [0.1, 0.15) is 11.4 Å². The highest BCUT2D eigenvalue weighted by atomic mass is 35.5. The number of quaternary nitrogens is 1. The second-order valence-corrected chi connectivity index (χ2v) is 8.02. The predicted octanol–water partition coefficient (Wildman–Crippen LogP) is 2.19. The molecule has 8 heteroatoms. The van der Waals surface area contributed by atoms with Gasteiger partial charge in [-0.1, -0.05) is 23.7 Å². The molecule has 1 atom stereocenters. The van der Waals surface area contributed by atoms with E-state index in [4.69, 9.17) is 11.6 Å². The first-order chi connectivity index (χ1) is 13.4. The van der Waals surface area contributed by atoms with Gasteiger partial charge in [0.05, 0.1) is 12.4 Å². The van der Waals surface area contributed by atoms with Gasteiger partial charge in [-0.2, -0.15) is 0 Å². The zero-order chi connectivity index (χ0) is 20.3. The van der Waals surface area contributed by atoms with Gasteiger partial charge in [-0.05, 0) is 31.5 Å². The fourth-order valence-corrected chi connectivity index (χ4v) is 4.31. The summed E-state index contributed by atoms with van der Waals surface area (Å²) in [6, 6.07) is 7.41. The minimum absolute atomic E-state index is 0.104. The number of halogens is 1. The summed E-state index contributed by atoms with van der Waals surface area (Å²) in [7, 11) is 1.93. The van der Waals surface area contributed by atoms with Crippen LogP contribution in [0, 0.1) is 0 Å². The van der Waals surface area contributed by atoms with Crippen LogP contribution in [0.5, 0.6) is 0 Å². The van der Waals surface area contributed by atoms with Crippen molar-refractivity contribution in [2.45, 2.75) is 20.4 Å². The van der Waals surface area contributed by atoms with Crippen molar-refractivity contribution >= 4 is 39.1 Å². The Kier molecular flexibility index (Phi) is 6.49. The van der Waals surface area contributed by atoms with Gasteiger partial charge in [0.15, 0.2) is 12.4 Å². The Labute approximate surface area is 172 Å². The Morgan fingerprint density at radius 1 is 1.25 bits per heavy atom. The van der Waals surface area contributed by atoms with Gasteiger partial charge in [0.2, 0.25) is 0 Å². The van der Waals surface area contributed by atoms with Crippen LogP contribution in [0.1, 0.15) is 19.7 Å². The minimum Gasteiger partial charge on any atom is -0.338 e. The zero-order valence-electron chi connectivity index (χ0n) is 16.2. The molecule has 0 radical (unpaired) electrons. The number of likely N-dealkylation sites (N-methyl/N-ethyl adjacent to an activating group) is 2. The second kappa shape index (κ2) is 8.86. The van der Waals surface area contributed by atoms with Crippen LogP contribution in [-0.4, -0.2) is 47.5 Å². The number of hydrogen-bond donors (Lipinski definition) is 2. The van der Waals surface area contributed by atoms with E-state index in [2.05, 4.69) is 9.97 Å². The van der Waals surface area contributed by atoms with Crippen LogP contribution in [0.2, 0.25) is 5.02 Å². The van der Waals surface area contributed by atoms with E-state index in [1.54, 1.807) is 4.90 Å². The molecular weight excluding hydrogens is 396 g/mol. The summed E-state index contributed by atoms with van der Waals surface area (Å²) in [6.45, 7) is 6.19. The van der Waals surface area contributed by atoms with Crippen LogP contribution in [0.4, 0.5) is 0 Å². The Bertz CT molecular complexity index is 1020. The molecule has 0 spiro atoms. The van der Waals surface area contributed by atoms with Crippen LogP contribution in [0.25, 0.3) is 21.3 Å². The first-order valence-corrected chi connectivity index (χ1v) is 10.5. The molecule has 1 aromatic carbocycles. The van der Waals surface area contributed by atoms with Gasteiger partial charge in [-0.15, -0.1) is 11.3 Å². The lowest BCUT2D eigenvalue weighted by atomic mass is 10.1. The topological polar surface area (TPSA) is 70.5 Å². The number of amides is 1. The van der Waals surface area contributed by atoms with E-state index in [9.17, 15) is 9.59 Å². The maximum Gasteiger partial charge on any atom is 0.277 e. The average molecular weight is 420 g/mol. The van der Waals surface area contributed by atoms with Crippen molar-refractivity contribution in [3.8, 4) is 11.1 Å². The number of nitrogens with zero attached hydrogens (tertiary/aromatic N) is 2. The van der Waals surface area contributed by atoms with Crippen molar-refractivity contribution in [2.24, 2.45) is 0 Å². The van der Waals surface area contributed by atoms with Crippen LogP contribution in [-0.2, 0) is 11.3 Å². The Hall–Kier alpha value is -2.22. The molecule has 0 bridgehead atoms. The third kappa shape index (κ3) is 4.43. The Morgan fingerprint density at radius 3 is 2.57 bits per heavy atom. The van der Waals surface area contributed by atoms with Crippen molar-refractivity contribution in [2.75, 3.05) is 26.7 Å². The van der Waals surface area contributed by atoms with Crippen molar-refractivity contribution < 1.29 is 9.69 Å². The number of benzene rings is 1. The van der Waals surface area contributed by atoms with Crippen molar-refractivity contribution in [1.82, 2.24) is 14.9 Å². The van der Waals surface area contributed by atoms with Crippen LogP contribution in [0.15, 0.2) is 34.4 Å². The Balaban J connectivity index is 1.82. The molecule has 28 heavy (non-hydrogen) atoms. The SMILES string of the molecule is CCN(CC)C(=O)C[NH+](C)Cc1nc2scc(-c3ccc(Cl)cc3)c2c(=O)[nH]1.